The number of alkyl carbamates (subject to hydrolysis) is 1. The fraction of sp³-hybridized carbons (Fsp3) is 0.875. The molecule has 0 rings (SSSR count). The molecule has 23 heavy (non-hydrogen) atoms. The van der Waals surface area contributed by atoms with Crippen LogP contribution in [-0.2, 0) is 4.74 Å². The summed E-state index contributed by atoms with van der Waals surface area (Å²) in [6.45, 7) is 10.2. The molecule has 0 aromatic heterocycles. The third kappa shape index (κ3) is 14.6. The van der Waals surface area contributed by atoms with E-state index in [1.54, 1.807) is 14.0 Å². The van der Waals surface area contributed by atoms with Crippen LogP contribution >= 0.6 is 24.0 Å². The molecule has 0 aromatic carbocycles. The number of guanidine groups is 1. The number of halogens is 1. The highest BCUT2D eigenvalue weighted by atomic mass is 127. The predicted molar refractivity (Wildman–Crippen MR) is 108 cm³/mol. The number of amides is 1. The van der Waals surface area contributed by atoms with Gasteiger partial charge >= 0.3 is 6.09 Å². The van der Waals surface area contributed by atoms with Crippen LogP contribution in [0.5, 0.6) is 0 Å². The Hall–Kier alpha value is -0.730. The molecule has 138 valence electrons. The molecule has 0 saturated heterocycles. The van der Waals surface area contributed by atoms with Gasteiger partial charge in [0, 0.05) is 26.2 Å². The molecule has 0 bridgehead atoms. The Morgan fingerprint density at radius 3 is 2.39 bits per heavy atom. The lowest BCUT2D eigenvalue weighted by Gasteiger charge is -2.22. The van der Waals surface area contributed by atoms with Gasteiger partial charge in [-0.05, 0) is 25.7 Å². The lowest BCUT2D eigenvalue weighted by atomic mass is 10.0. The molecule has 0 spiro atoms. The van der Waals surface area contributed by atoms with E-state index in [1.165, 1.54) is 12.8 Å². The molecule has 7 heteroatoms. The van der Waals surface area contributed by atoms with Gasteiger partial charge < -0.3 is 20.7 Å². The summed E-state index contributed by atoms with van der Waals surface area (Å²) >= 11 is 0. The monoisotopic (exact) mass is 442 g/mol. The predicted octanol–water partition coefficient (Wildman–Crippen LogP) is 3.12. The van der Waals surface area contributed by atoms with E-state index in [0.717, 1.165) is 25.3 Å². The lowest BCUT2D eigenvalue weighted by Crippen LogP contribution is -2.47. The molecule has 1 atom stereocenters. The van der Waals surface area contributed by atoms with Crippen molar-refractivity contribution < 1.29 is 9.53 Å². The average Bonchev–Trinajstić information content (AvgIpc) is 2.46. The summed E-state index contributed by atoms with van der Waals surface area (Å²) in [7, 11) is 1.76. The van der Waals surface area contributed by atoms with Crippen LogP contribution in [0.4, 0.5) is 4.79 Å². The molecule has 0 saturated carbocycles. The van der Waals surface area contributed by atoms with Gasteiger partial charge in [0.25, 0.3) is 0 Å². The summed E-state index contributed by atoms with van der Waals surface area (Å²) in [5.74, 6) is 1.27. The van der Waals surface area contributed by atoms with E-state index in [-0.39, 0.29) is 36.1 Å². The Morgan fingerprint density at radius 1 is 1.17 bits per heavy atom. The van der Waals surface area contributed by atoms with Crippen molar-refractivity contribution >= 4 is 36.0 Å². The Balaban J connectivity index is 0. The number of hydrogen-bond donors (Lipinski definition) is 3. The minimum Gasteiger partial charge on any atom is -0.450 e. The Labute approximate surface area is 158 Å². The van der Waals surface area contributed by atoms with Crippen LogP contribution in [0.1, 0.15) is 53.4 Å². The Bertz CT molecular complexity index is 325. The maximum Gasteiger partial charge on any atom is 0.407 e. The number of carbonyl (C=O) groups is 1. The first-order valence-electron chi connectivity index (χ1n) is 8.41. The molecule has 3 N–H and O–H groups in total. The summed E-state index contributed by atoms with van der Waals surface area (Å²) in [6, 6.07) is 0.0215. The van der Waals surface area contributed by atoms with Crippen LogP contribution < -0.4 is 16.0 Å². The first-order chi connectivity index (χ1) is 10.5. The van der Waals surface area contributed by atoms with Crippen molar-refractivity contribution in [1.82, 2.24) is 16.0 Å². The fourth-order valence-corrected chi connectivity index (χ4v) is 2.12. The molecule has 6 nitrogen and oxygen atoms in total. The number of carbonyl (C=O) groups excluding carboxylic acids is 1. The molecule has 0 fully saturated rings. The van der Waals surface area contributed by atoms with Crippen molar-refractivity contribution in [2.45, 2.75) is 59.4 Å². The Morgan fingerprint density at radius 2 is 1.87 bits per heavy atom. The summed E-state index contributed by atoms with van der Waals surface area (Å²) < 4.78 is 4.96. The van der Waals surface area contributed by atoms with Crippen LogP contribution in [0.2, 0.25) is 0 Å². The van der Waals surface area contributed by atoms with Gasteiger partial charge in [0.1, 0.15) is 0 Å². The number of nitrogens with one attached hydrogen (secondary N) is 3. The normalized spacial score (nSPS) is 12.3. The van der Waals surface area contributed by atoms with E-state index in [4.69, 9.17) is 4.74 Å². The third-order valence-corrected chi connectivity index (χ3v) is 3.17. The summed E-state index contributed by atoms with van der Waals surface area (Å²) in [4.78, 5) is 15.8. The first-order valence-corrected chi connectivity index (χ1v) is 8.41. The average molecular weight is 442 g/mol. The van der Waals surface area contributed by atoms with Gasteiger partial charge in [0.15, 0.2) is 5.96 Å². The van der Waals surface area contributed by atoms with Gasteiger partial charge in [-0.2, -0.15) is 0 Å². The fourth-order valence-electron chi connectivity index (χ4n) is 2.12. The zero-order valence-electron chi connectivity index (χ0n) is 15.3. The number of aliphatic imine (C=N–C) groups is 1. The van der Waals surface area contributed by atoms with Crippen LogP contribution in [0.15, 0.2) is 4.99 Å². The molecule has 0 radical (unpaired) electrons. The van der Waals surface area contributed by atoms with Crippen molar-refractivity contribution in [3.8, 4) is 0 Å². The molecule has 0 aliphatic heterocycles. The van der Waals surface area contributed by atoms with Crippen molar-refractivity contribution in [2.24, 2.45) is 10.9 Å². The second-order valence-corrected chi connectivity index (χ2v) is 5.78. The van der Waals surface area contributed by atoms with Crippen molar-refractivity contribution in [3.05, 3.63) is 0 Å². The number of rotatable bonds is 10. The zero-order valence-corrected chi connectivity index (χ0v) is 17.6. The van der Waals surface area contributed by atoms with Crippen molar-refractivity contribution in [3.63, 3.8) is 0 Å². The molecule has 0 aliphatic rings. The smallest absolute Gasteiger partial charge is 0.407 e. The van der Waals surface area contributed by atoms with Gasteiger partial charge in [-0.1, -0.05) is 33.6 Å². The summed E-state index contributed by atoms with van der Waals surface area (Å²) in [6.07, 6.45) is 4.07. The molecule has 0 aromatic rings. The number of hydrogen-bond acceptors (Lipinski definition) is 3. The van der Waals surface area contributed by atoms with Crippen molar-refractivity contribution in [2.75, 3.05) is 26.7 Å². The minimum absolute atomic E-state index is 0. The van der Waals surface area contributed by atoms with E-state index in [1.807, 2.05) is 0 Å². The van der Waals surface area contributed by atoms with E-state index in [2.05, 4.69) is 41.7 Å². The van der Waals surface area contributed by atoms with Gasteiger partial charge in [0.05, 0.1) is 6.61 Å². The molecule has 1 amide bonds. The van der Waals surface area contributed by atoms with Gasteiger partial charge in [-0.25, -0.2) is 4.79 Å². The van der Waals surface area contributed by atoms with E-state index in [0.29, 0.717) is 19.1 Å². The third-order valence-electron chi connectivity index (χ3n) is 3.17. The maximum atomic E-state index is 11.6. The van der Waals surface area contributed by atoms with Crippen LogP contribution in [0.3, 0.4) is 0 Å². The molecule has 1 unspecified atom stereocenters. The highest BCUT2D eigenvalue weighted by Crippen LogP contribution is 2.04. The SMILES string of the molecule is CCCCCNC(=NC)NCC(CC(C)C)NC(=O)OCC.I. The van der Waals surface area contributed by atoms with Gasteiger partial charge in [-0.15, -0.1) is 24.0 Å². The first kappa shape index (κ1) is 24.5. The molecular formula is C16H35IN4O2. The number of unbranched alkanes of at least 4 members (excludes halogenated alkanes) is 2. The second-order valence-electron chi connectivity index (χ2n) is 5.78. The molecular weight excluding hydrogens is 407 g/mol. The number of ether oxygens (including phenoxy) is 1. The van der Waals surface area contributed by atoms with Crippen LogP contribution in [0.25, 0.3) is 0 Å². The minimum atomic E-state index is -0.360. The van der Waals surface area contributed by atoms with Crippen molar-refractivity contribution in [1.29, 1.82) is 0 Å². The van der Waals surface area contributed by atoms with E-state index >= 15 is 0 Å². The van der Waals surface area contributed by atoms with E-state index < -0.39 is 0 Å². The van der Waals surface area contributed by atoms with Crippen LogP contribution in [0, 0.1) is 5.92 Å². The zero-order chi connectivity index (χ0) is 16.8. The van der Waals surface area contributed by atoms with Crippen LogP contribution in [-0.4, -0.2) is 44.8 Å². The quantitative estimate of drug-likeness (QED) is 0.210. The number of nitrogens with zero attached hydrogens (tertiary/aromatic N) is 1. The highest BCUT2D eigenvalue weighted by molar-refractivity contribution is 14.0. The summed E-state index contributed by atoms with van der Waals surface area (Å²) in [5, 5.41) is 9.45. The maximum absolute atomic E-state index is 11.6. The topological polar surface area (TPSA) is 74.8 Å². The highest BCUT2D eigenvalue weighted by Gasteiger charge is 2.15. The Kier molecular flexibility index (Phi) is 17.2. The summed E-state index contributed by atoms with van der Waals surface area (Å²) in [5.41, 5.74) is 0. The lowest BCUT2D eigenvalue weighted by molar-refractivity contribution is 0.146. The van der Waals surface area contributed by atoms with Gasteiger partial charge in [0.2, 0.25) is 0 Å². The second kappa shape index (κ2) is 16.1. The van der Waals surface area contributed by atoms with Gasteiger partial charge in [-0.3, -0.25) is 4.99 Å². The van der Waals surface area contributed by atoms with E-state index in [9.17, 15) is 4.79 Å². The molecule has 0 aliphatic carbocycles. The molecule has 0 heterocycles. The standard InChI is InChI=1S/C16H34N4O2.HI/c1-6-8-9-10-18-15(17-5)19-12-14(11-13(3)4)20-16(21)22-7-2;/h13-14H,6-12H2,1-5H3,(H,20,21)(H2,17,18,19);1H. The largest absolute Gasteiger partial charge is 0.450 e.